The highest BCUT2D eigenvalue weighted by atomic mass is 32.1. The van der Waals surface area contributed by atoms with E-state index in [0.29, 0.717) is 0 Å². The van der Waals surface area contributed by atoms with Crippen molar-refractivity contribution in [2.45, 2.75) is 69.6 Å². The van der Waals surface area contributed by atoms with Crippen LogP contribution in [0, 0.1) is 41.2 Å². The topological polar surface area (TPSA) is 125 Å². The fraction of sp³-hybridized carbons (Fsp3) is 0.261. The van der Waals surface area contributed by atoms with Gasteiger partial charge in [-0.2, -0.15) is 10.5 Å². The molecule has 268 valence electrons. The van der Waals surface area contributed by atoms with Gasteiger partial charge in [-0.1, -0.05) is 56.7 Å². The lowest BCUT2D eigenvalue weighted by molar-refractivity contribution is 0.0973. The third kappa shape index (κ3) is 4.40. The fourth-order valence-electron chi connectivity index (χ4n) is 10.4. The number of benzene rings is 2. The Labute approximate surface area is 330 Å². The highest BCUT2D eigenvalue weighted by Crippen LogP contribution is 2.70. The quantitative estimate of drug-likeness (QED) is 0.114. The van der Waals surface area contributed by atoms with E-state index in [1.54, 1.807) is 28.7 Å². The smallest absolute Gasteiger partial charge is 0.197 e. The molecule has 2 heterocycles. The summed E-state index contributed by atoms with van der Waals surface area (Å²) in [6.45, 7) is 15.0. The molecule has 0 N–H and O–H groups in total. The number of rotatable bonds is 2. The highest BCUT2D eigenvalue weighted by Gasteiger charge is 2.56. The standard InChI is InChI=1S/C46H28N4O4S2/c1-49-34-19-29-30(20-35(34)50-2)42(54)31(41(29)53)15-25-16-33-37(45(25)9-5-3-6-10-45)44-38(46(33)11-7-4-8-12-46)43-36(56-44)18-26(55-43)17-32-39(51)27-13-23(21-47)24(22-48)14-28(27)40(32)52/h13-20H,3-12H2. The van der Waals surface area contributed by atoms with Crippen LogP contribution in [0.25, 0.3) is 30.7 Å². The maximum Gasteiger partial charge on any atom is 0.197 e. The van der Waals surface area contributed by atoms with Crippen molar-refractivity contribution in [1.29, 1.82) is 10.5 Å². The molecule has 0 bridgehead atoms. The molecule has 56 heavy (non-hydrogen) atoms. The molecule has 2 aromatic heterocycles. The molecule has 2 spiro atoms. The lowest BCUT2D eigenvalue weighted by atomic mass is 9.66. The normalized spacial score (nSPS) is 19.8. The number of Topliss-reactive ketones (excluding diaryl/α,β-unsaturated/α-hetero) is 4. The number of thiophene rings is 2. The predicted octanol–water partition coefficient (Wildman–Crippen LogP) is 11.1. The molecule has 6 aliphatic rings. The Morgan fingerprint density at radius 3 is 1.66 bits per heavy atom. The first-order valence-electron chi connectivity index (χ1n) is 18.8. The number of hydrogen-bond donors (Lipinski definition) is 0. The number of nitrogens with zero attached hydrogens (tertiary/aromatic N) is 4. The number of carbonyl (C=O) groups excluding carboxylic acids is 4. The van der Waals surface area contributed by atoms with Crippen LogP contribution in [0.5, 0.6) is 0 Å². The van der Waals surface area contributed by atoms with Crippen molar-refractivity contribution < 1.29 is 19.2 Å². The van der Waals surface area contributed by atoms with Crippen molar-refractivity contribution in [3.05, 3.63) is 136 Å². The van der Waals surface area contributed by atoms with E-state index in [9.17, 15) is 29.7 Å². The molecule has 0 saturated heterocycles. The minimum Gasteiger partial charge on any atom is -0.288 e. The van der Waals surface area contributed by atoms with E-state index in [2.05, 4.69) is 21.8 Å². The summed E-state index contributed by atoms with van der Waals surface area (Å²) in [5, 5.41) is 19.0. The van der Waals surface area contributed by atoms with Crippen molar-refractivity contribution in [2.75, 3.05) is 0 Å². The molecule has 10 heteroatoms. The summed E-state index contributed by atoms with van der Waals surface area (Å²) in [6.07, 6.45) is 16.0. The average Bonchev–Trinajstić information content (AvgIpc) is 4.01. The monoisotopic (exact) mass is 764 g/mol. The molecule has 0 aliphatic heterocycles. The molecule has 10 rings (SSSR count). The molecule has 2 fully saturated rings. The molecule has 8 nitrogen and oxygen atoms in total. The number of fused-ring (bicyclic) bond motifs is 9. The van der Waals surface area contributed by atoms with Gasteiger partial charge in [-0.25, -0.2) is 0 Å². The van der Waals surface area contributed by atoms with Crippen LogP contribution in [0.15, 0.2) is 64.8 Å². The minimum absolute atomic E-state index is 0.0353. The van der Waals surface area contributed by atoms with Gasteiger partial charge in [0.25, 0.3) is 0 Å². The third-order valence-corrected chi connectivity index (χ3v) is 15.3. The van der Waals surface area contributed by atoms with Crippen LogP contribution in [0.1, 0.15) is 132 Å². The van der Waals surface area contributed by atoms with Crippen molar-refractivity contribution in [2.24, 2.45) is 5.41 Å². The number of allylic oxidation sites excluding steroid dienone is 7. The van der Waals surface area contributed by atoms with Gasteiger partial charge in [0.15, 0.2) is 34.5 Å². The Bertz CT molecular complexity index is 2830. The van der Waals surface area contributed by atoms with Crippen molar-refractivity contribution >= 4 is 78.2 Å². The minimum atomic E-state index is -0.440. The van der Waals surface area contributed by atoms with Gasteiger partial charge < -0.3 is 0 Å². The molecule has 2 aromatic carbocycles. The van der Waals surface area contributed by atoms with E-state index < -0.39 is 23.1 Å². The van der Waals surface area contributed by atoms with Crippen LogP contribution < -0.4 is 0 Å². The van der Waals surface area contributed by atoms with Crippen LogP contribution in [0.2, 0.25) is 0 Å². The van der Waals surface area contributed by atoms with Crippen LogP contribution in [0.3, 0.4) is 0 Å². The van der Waals surface area contributed by atoms with Gasteiger partial charge in [0, 0.05) is 47.5 Å². The summed E-state index contributed by atoms with van der Waals surface area (Å²) in [5.74, 6) is -1.67. The summed E-state index contributed by atoms with van der Waals surface area (Å²) < 4.78 is 2.27. The molecule has 6 aliphatic carbocycles. The fourth-order valence-corrected chi connectivity index (χ4v) is 13.3. The summed E-state index contributed by atoms with van der Waals surface area (Å²) in [4.78, 5) is 63.8. The largest absolute Gasteiger partial charge is 0.288 e. The van der Waals surface area contributed by atoms with E-state index in [1.807, 2.05) is 18.2 Å². The number of nitriles is 2. The van der Waals surface area contributed by atoms with Crippen LogP contribution >= 0.6 is 22.7 Å². The molecule has 0 amide bonds. The molecule has 0 unspecified atom stereocenters. The number of carbonyl (C=O) groups is 4. The highest BCUT2D eigenvalue weighted by molar-refractivity contribution is 7.29. The second kappa shape index (κ2) is 12.1. The molecule has 2 saturated carbocycles. The maximum atomic E-state index is 13.9. The Morgan fingerprint density at radius 2 is 1.14 bits per heavy atom. The second-order valence-corrected chi connectivity index (χ2v) is 17.7. The van der Waals surface area contributed by atoms with Crippen molar-refractivity contribution in [1.82, 2.24) is 0 Å². The van der Waals surface area contributed by atoms with Gasteiger partial charge >= 0.3 is 0 Å². The lowest BCUT2D eigenvalue weighted by Crippen LogP contribution is -2.28. The average molecular weight is 765 g/mol. The van der Waals surface area contributed by atoms with Gasteiger partial charge in [0.1, 0.15) is 12.1 Å². The zero-order valence-electron chi connectivity index (χ0n) is 29.9. The summed E-state index contributed by atoms with van der Waals surface area (Å²) in [5.41, 5.74) is 5.52. The second-order valence-electron chi connectivity index (χ2n) is 15.5. The van der Waals surface area contributed by atoms with Gasteiger partial charge in [-0.3, -0.25) is 28.9 Å². The van der Waals surface area contributed by atoms with Gasteiger partial charge in [-0.05, 0) is 78.3 Å². The Morgan fingerprint density at radius 1 is 0.643 bits per heavy atom. The van der Waals surface area contributed by atoms with Gasteiger partial charge in [0.05, 0.1) is 40.1 Å². The van der Waals surface area contributed by atoms with E-state index in [-0.39, 0.29) is 66.7 Å². The molecular formula is C46H28N4O4S2. The van der Waals surface area contributed by atoms with Gasteiger partial charge in [0.2, 0.25) is 0 Å². The van der Waals surface area contributed by atoms with Crippen LogP contribution in [0.4, 0.5) is 11.4 Å². The van der Waals surface area contributed by atoms with E-state index >= 15 is 0 Å². The van der Waals surface area contributed by atoms with E-state index in [1.165, 1.54) is 50.6 Å². The SMILES string of the molecule is [C-]#[N+]c1cc2c(cc1[N+]#[C-])C(=O)C(=CC1=CC3=C(c4sc5cc(C=C6C(=O)c7cc(C#N)c(C#N)cc7C6=O)sc5c4C34CCCCC4)C13CCCCC3)C2=O. The summed E-state index contributed by atoms with van der Waals surface area (Å²) in [7, 11) is 0. The van der Waals surface area contributed by atoms with Crippen molar-refractivity contribution in [3.8, 4) is 12.1 Å². The predicted molar refractivity (Wildman–Crippen MR) is 213 cm³/mol. The van der Waals surface area contributed by atoms with E-state index in [0.717, 1.165) is 79.4 Å². The Hall–Kier alpha value is -6.30. The first-order valence-corrected chi connectivity index (χ1v) is 20.4. The maximum absolute atomic E-state index is 13.9. The third-order valence-electron chi connectivity index (χ3n) is 12.9. The zero-order chi connectivity index (χ0) is 38.7. The molecular weight excluding hydrogens is 737 g/mol. The van der Waals surface area contributed by atoms with Crippen LogP contribution in [-0.4, -0.2) is 23.1 Å². The first-order chi connectivity index (χ1) is 27.2. The Balaban J connectivity index is 1.09. The summed E-state index contributed by atoms with van der Waals surface area (Å²) in [6, 6.07) is 11.5. The lowest BCUT2D eigenvalue weighted by Gasteiger charge is -2.38. The first kappa shape index (κ1) is 34.2. The summed E-state index contributed by atoms with van der Waals surface area (Å²) >= 11 is 3.35. The van der Waals surface area contributed by atoms with E-state index in [4.69, 9.17) is 13.1 Å². The Kier molecular flexibility index (Phi) is 7.39. The van der Waals surface area contributed by atoms with Crippen molar-refractivity contribution in [3.63, 3.8) is 0 Å². The van der Waals surface area contributed by atoms with Crippen LogP contribution in [-0.2, 0) is 5.41 Å². The zero-order valence-corrected chi connectivity index (χ0v) is 31.6. The number of ketones is 4. The number of hydrogen-bond acceptors (Lipinski definition) is 8. The molecule has 0 radical (unpaired) electrons. The van der Waals surface area contributed by atoms with Gasteiger partial charge in [-0.15, -0.1) is 22.7 Å². The molecule has 4 aromatic rings. The molecule has 0 atom stereocenters.